The van der Waals surface area contributed by atoms with Crippen molar-refractivity contribution in [1.82, 2.24) is 30.0 Å². The fraction of sp³-hybridized carbons (Fsp3) is 0.429. The van der Waals surface area contributed by atoms with Crippen molar-refractivity contribution in [3.05, 3.63) is 48.4 Å². The van der Waals surface area contributed by atoms with E-state index in [1.165, 1.54) is 0 Å². The standard InChI is InChI=1S/C21H25N7O/c1-26-19-17(13-24-26)20(23-14-22-19)28-11-9-27(10-12-28)18(15-5-3-2-4-6-15)21(29)25-16-7-8-16/h2-6,13-14,16,18H,7-12H2,1H3,(H,25,29). The van der Waals surface area contributed by atoms with Crippen LogP contribution in [-0.2, 0) is 11.8 Å². The van der Waals surface area contributed by atoms with Crippen molar-refractivity contribution in [2.24, 2.45) is 7.05 Å². The van der Waals surface area contributed by atoms with Gasteiger partial charge in [0.25, 0.3) is 0 Å². The van der Waals surface area contributed by atoms with Gasteiger partial charge < -0.3 is 10.2 Å². The van der Waals surface area contributed by atoms with E-state index in [1.54, 1.807) is 11.0 Å². The fourth-order valence-corrected chi connectivity index (χ4v) is 4.06. The van der Waals surface area contributed by atoms with Crippen molar-refractivity contribution in [2.75, 3.05) is 31.1 Å². The van der Waals surface area contributed by atoms with Gasteiger partial charge in [-0.1, -0.05) is 30.3 Å². The predicted molar refractivity (Wildman–Crippen MR) is 110 cm³/mol. The molecule has 2 aromatic heterocycles. The molecular weight excluding hydrogens is 366 g/mol. The number of hydrogen-bond acceptors (Lipinski definition) is 6. The third-order valence-corrected chi connectivity index (χ3v) is 5.77. The first-order valence-corrected chi connectivity index (χ1v) is 10.2. The minimum Gasteiger partial charge on any atom is -0.353 e. The molecule has 1 aliphatic heterocycles. The molecule has 1 saturated carbocycles. The smallest absolute Gasteiger partial charge is 0.242 e. The second kappa shape index (κ2) is 7.44. The molecule has 1 aliphatic carbocycles. The molecule has 150 valence electrons. The van der Waals surface area contributed by atoms with Crippen LogP contribution in [-0.4, -0.2) is 62.8 Å². The van der Waals surface area contributed by atoms with Gasteiger partial charge in [0.1, 0.15) is 18.2 Å². The number of hydrogen-bond donors (Lipinski definition) is 1. The van der Waals surface area contributed by atoms with E-state index in [-0.39, 0.29) is 11.9 Å². The molecule has 3 heterocycles. The summed E-state index contributed by atoms with van der Waals surface area (Å²) >= 11 is 0. The number of carbonyl (C=O) groups excluding carboxylic acids is 1. The minimum atomic E-state index is -0.247. The Morgan fingerprint density at radius 1 is 1.10 bits per heavy atom. The molecule has 0 spiro atoms. The largest absolute Gasteiger partial charge is 0.353 e. The average molecular weight is 391 g/mol. The van der Waals surface area contributed by atoms with Gasteiger partial charge in [0.05, 0.1) is 11.6 Å². The summed E-state index contributed by atoms with van der Waals surface area (Å²) in [7, 11) is 1.89. The van der Waals surface area contributed by atoms with E-state index in [4.69, 9.17) is 0 Å². The van der Waals surface area contributed by atoms with Crippen LogP contribution in [0.4, 0.5) is 5.82 Å². The number of anilines is 1. The zero-order valence-corrected chi connectivity index (χ0v) is 16.5. The first-order valence-electron chi connectivity index (χ1n) is 10.2. The maximum Gasteiger partial charge on any atom is 0.242 e. The van der Waals surface area contributed by atoms with Crippen LogP contribution in [0.5, 0.6) is 0 Å². The Bertz CT molecular complexity index is 1010. The van der Waals surface area contributed by atoms with Gasteiger partial charge in [-0.2, -0.15) is 5.10 Å². The fourth-order valence-electron chi connectivity index (χ4n) is 4.06. The first-order chi connectivity index (χ1) is 14.2. The van der Waals surface area contributed by atoms with Crippen LogP contribution in [0.2, 0.25) is 0 Å². The van der Waals surface area contributed by atoms with Gasteiger partial charge in [0, 0.05) is 39.3 Å². The highest BCUT2D eigenvalue weighted by molar-refractivity contribution is 5.87. The lowest BCUT2D eigenvalue weighted by Crippen LogP contribution is -2.51. The highest BCUT2D eigenvalue weighted by Crippen LogP contribution is 2.28. The van der Waals surface area contributed by atoms with Crippen molar-refractivity contribution in [1.29, 1.82) is 0 Å². The zero-order valence-electron chi connectivity index (χ0n) is 16.5. The molecule has 1 N–H and O–H groups in total. The van der Waals surface area contributed by atoms with E-state index >= 15 is 0 Å². The summed E-state index contributed by atoms with van der Waals surface area (Å²) in [6.45, 7) is 3.20. The second-order valence-electron chi connectivity index (χ2n) is 7.82. The molecule has 3 aromatic rings. The van der Waals surface area contributed by atoms with Crippen molar-refractivity contribution < 1.29 is 4.79 Å². The molecule has 29 heavy (non-hydrogen) atoms. The number of fused-ring (bicyclic) bond motifs is 1. The molecule has 2 aliphatic rings. The molecule has 0 radical (unpaired) electrons. The van der Waals surface area contributed by atoms with Crippen LogP contribution in [0.15, 0.2) is 42.9 Å². The number of benzene rings is 1. The Morgan fingerprint density at radius 2 is 1.86 bits per heavy atom. The molecule has 1 aromatic carbocycles. The van der Waals surface area contributed by atoms with Crippen LogP contribution < -0.4 is 10.2 Å². The predicted octanol–water partition coefficient (Wildman–Crippen LogP) is 1.51. The van der Waals surface area contributed by atoms with Crippen LogP contribution >= 0.6 is 0 Å². The Morgan fingerprint density at radius 3 is 2.59 bits per heavy atom. The number of amides is 1. The summed E-state index contributed by atoms with van der Waals surface area (Å²) in [5, 5.41) is 8.48. The van der Waals surface area contributed by atoms with Gasteiger partial charge in [0.15, 0.2) is 5.65 Å². The molecule has 1 saturated heterocycles. The van der Waals surface area contributed by atoms with E-state index in [0.29, 0.717) is 6.04 Å². The first kappa shape index (κ1) is 18.1. The van der Waals surface area contributed by atoms with Gasteiger partial charge in [-0.3, -0.25) is 14.4 Å². The third kappa shape index (κ3) is 3.55. The Labute approximate surface area is 169 Å². The van der Waals surface area contributed by atoms with Crippen molar-refractivity contribution >= 4 is 22.8 Å². The summed E-state index contributed by atoms with van der Waals surface area (Å²) in [5.41, 5.74) is 1.89. The van der Waals surface area contributed by atoms with Crippen LogP contribution in [0.25, 0.3) is 11.0 Å². The molecular formula is C21H25N7O. The minimum absolute atomic E-state index is 0.115. The number of nitrogens with one attached hydrogen (secondary N) is 1. The molecule has 2 fully saturated rings. The number of aryl methyl sites for hydroxylation is 1. The van der Waals surface area contributed by atoms with Crippen LogP contribution in [0.1, 0.15) is 24.4 Å². The summed E-state index contributed by atoms with van der Waals surface area (Å²) in [6, 6.07) is 10.2. The Kier molecular flexibility index (Phi) is 4.63. The van der Waals surface area contributed by atoms with Crippen molar-refractivity contribution in [2.45, 2.75) is 24.9 Å². The van der Waals surface area contributed by atoms with Crippen LogP contribution in [0.3, 0.4) is 0 Å². The highest BCUT2D eigenvalue weighted by atomic mass is 16.2. The van der Waals surface area contributed by atoms with Gasteiger partial charge in [-0.25, -0.2) is 9.97 Å². The van der Waals surface area contributed by atoms with Gasteiger partial charge in [-0.15, -0.1) is 0 Å². The molecule has 1 amide bonds. The highest BCUT2D eigenvalue weighted by Gasteiger charge is 2.34. The Balaban J connectivity index is 1.35. The summed E-state index contributed by atoms with van der Waals surface area (Å²) in [4.78, 5) is 26.4. The summed E-state index contributed by atoms with van der Waals surface area (Å²) in [6.07, 6.45) is 5.61. The lowest BCUT2D eigenvalue weighted by atomic mass is 10.0. The molecule has 5 rings (SSSR count). The molecule has 0 bridgehead atoms. The number of nitrogens with zero attached hydrogens (tertiary/aromatic N) is 6. The SMILES string of the molecule is Cn1ncc2c(N3CCN(C(C(=O)NC4CC4)c4ccccc4)CC3)ncnc21. The van der Waals surface area contributed by atoms with Crippen molar-refractivity contribution in [3.63, 3.8) is 0 Å². The Hall–Kier alpha value is -3.00. The van der Waals surface area contributed by atoms with E-state index in [1.807, 2.05) is 43.6 Å². The van der Waals surface area contributed by atoms with Gasteiger partial charge in [0.2, 0.25) is 5.91 Å². The van der Waals surface area contributed by atoms with Gasteiger partial charge >= 0.3 is 0 Å². The van der Waals surface area contributed by atoms with Gasteiger partial charge in [-0.05, 0) is 18.4 Å². The lowest BCUT2D eigenvalue weighted by Gasteiger charge is -2.39. The quantitative estimate of drug-likeness (QED) is 0.710. The summed E-state index contributed by atoms with van der Waals surface area (Å²) < 4.78 is 1.77. The van der Waals surface area contributed by atoms with Crippen molar-refractivity contribution in [3.8, 4) is 0 Å². The lowest BCUT2D eigenvalue weighted by molar-refractivity contribution is -0.127. The molecule has 8 nitrogen and oxygen atoms in total. The monoisotopic (exact) mass is 391 g/mol. The zero-order chi connectivity index (χ0) is 19.8. The van der Waals surface area contributed by atoms with E-state index < -0.39 is 0 Å². The third-order valence-electron chi connectivity index (χ3n) is 5.77. The summed E-state index contributed by atoms with van der Waals surface area (Å²) in [5.74, 6) is 1.03. The average Bonchev–Trinajstić information content (AvgIpc) is 3.49. The molecule has 1 atom stereocenters. The maximum absolute atomic E-state index is 13.0. The molecule has 8 heteroatoms. The number of rotatable bonds is 5. The van der Waals surface area contributed by atoms with E-state index in [0.717, 1.165) is 61.4 Å². The van der Waals surface area contributed by atoms with E-state index in [2.05, 4.69) is 30.2 Å². The normalized spacial score (nSPS) is 18.7. The number of aromatic nitrogens is 4. The maximum atomic E-state index is 13.0. The number of piperazine rings is 1. The topological polar surface area (TPSA) is 79.2 Å². The van der Waals surface area contributed by atoms with Crippen LogP contribution in [0, 0.1) is 0 Å². The molecule has 1 unspecified atom stereocenters. The second-order valence-corrected chi connectivity index (χ2v) is 7.82. The number of carbonyl (C=O) groups is 1. The van der Waals surface area contributed by atoms with E-state index in [9.17, 15) is 4.79 Å².